The van der Waals surface area contributed by atoms with E-state index in [9.17, 15) is 0 Å². The van der Waals surface area contributed by atoms with Crippen LogP contribution in [0.2, 0.25) is 5.02 Å². The molecule has 1 aromatic carbocycles. The summed E-state index contributed by atoms with van der Waals surface area (Å²) in [6, 6.07) is 8.05. The predicted molar refractivity (Wildman–Crippen MR) is 67.0 cm³/mol. The fraction of sp³-hybridized carbons (Fsp3) is 0.300. The number of thiocarbonyl (C=S) groups is 1. The van der Waals surface area contributed by atoms with Gasteiger partial charge in [-0.15, -0.1) is 0 Å². The molecule has 0 bridgehead atoms. The number of hydrogen-bond donors (Lipinski definition) is 3. The first-order chi connectivity index (χ1) is 7.25. The number of rotatable bonds is 3. The predicted octanol–water partition coefficient (Wildman–Crippen LogP) is 2.29. The number of benzene rings is 1. The molecule has 15 heavy (non-hydrogen) atoms. The van der Waals surface area contributed by atoms with Crippen molar-refractivity contribution in [2.24, 2.45) is 0 Å². The Morgan fingerprint density at radius 3 is 2.73 bits per heavy atom. The summed E-state index contributed by atoms with van der Waals surface area (Å²) in [6.07, 6.45) is 2.40. The molecule has 80 valence electrons. The molecule has 0 radical (unpaired) electrons. The Morgan fingerprint density at radius 2 is 2.07 bits per heavy atom. The van der Waals surface area contributed by atoms with Crippen molar-refractivity contribution in [1.82, 2.24) is 10.7 Å². The van der Waals surface area contributed by atoms with Gasteiger partial charge < -0.3 is 5.32 Å². The lowest BCUT2D eigenvalue weighted by atomic mass is 10.3. The van der Waals surface area contributed by atoms with Gasteiger partial charge in [0.25, 0.3) is 0 Å². The summed E-state index contributed by atoms with van der Waals surface area (Å²) in [4.78, 5) is 0. The average molecular weight is 242 g/mol. The Morgan fingerprint density at radius 1 is 1.33 bits per heavy atom. The highest BCUT2D eigenvalue weighted by molar-refractivity contribution is 7.80. The lowest BCUT2D eigenvalue weighted by Crippen LogP contribution is -2.39. The molecule has 0 spiro atoms. The van der Waals surface area contributed by atoms with E-state index in [0.29, 0.717) is 16.2 Å². The summed E-state index contributed by atoms with van der Waals surface area (Å²) >= 11 is 11.0. The SMILES string of the molecule is S=C(NNc1ccccc1Cl)NC1CC1. The molecule has 1 fully saturated rings. The van der Waals surface area contributed by atoms with E-state index < -0.39 is 0 Å². The molecule has 1 saturated carbocycles. The highest BCUT2D eigenvalue weighted by Crippen LogP contribution is 2.20. The van der Waals surface area contributed by atoms with Crippen LogP contribution in [0, 0.1) is 0 Å². The van der Waals surface area contributed by atoms with Crippen LogP contribution < -0.4 is 16.2 Å². The molecule has 3 nitrogen and oxygen atoms in total. The van der Waals surface area contributed by atoms with Gasteiger partial charge in [0.2, 0.25) is 0 Å². The van der Waals surface area contributed by atoms with Gasteiger partial charge in [0.05, 0.1) is 10.7 Å². The van der Waals surface area contributed by atoms with Crippen LogP contribution in [0.1, 0.15) is 12.8 Å². The molecule has 0 atom stereocenters. The molecule has 0 unspecified atom stereocenters. The summed E-state index contributed by atoms with van der Waals surface area (Å²) < 4.78 is 0. The molecule has 5 heteroatoms. The average Bonchev–Trinajstić information content (AvgIpc) is 3.00. The zero-order chi connectivity index (χ0) is 10.7. The van der Waals surface area contributed by atoms with Gasteiger partial charge in [-0.2, -0.15) is 0 Å². The quantitative estimate of drug-likeness (QED) is 0.561. The maximum atomic E-state index is 5.96. The van der Waals surface area contributed by atoms with Crippen LogP contribution in [0.4, 0.5) is 5.69 Å². The molecule has 3 N–H and O–H groups in total. The maximum Gasteiger partial charge on any atom is 0.185 e. The zero-order valence-electron chi connectivity index (χ0n) is 8.09. The van der Waals surface area contributed by atoms with Crippen molar-refractivity contribution in [2.75, 3.05) is 5.43 Å². The van der Waals surface area contributed by atoms with E-state index in [1.165, 1.54) is 12.8 Å². The number of hydrazine groups is 1. The maximum absolute atomic E-state index is 5.96. The second-order valence-corrected chi connectivity index (χ2v) is 4.29. The van der Waals surface area contributed by atoms with Gasteiger partial charge in [0, 0.05) is 6.04 Å². The molecule has 1 aromatic rings. The largest absolute Gasteiger partial charge is 0.359 e. The van der Waals surface area contributed by atoms with E-state index in [1.807, 2.05) is 24.3 Å². The van der Waals surface area contributed by atoms with E-state index in [4.69, 9.17) is 23.8 Å². The molecule has 0 saturated heterocycles. The molecule has 0 heterocycles. The summed E-state index contributed by atoms with van der Waals surface area (Å²) in [7, 11) is 0. The molecular formula is C10H12ClN3S. The Hall–Kier alpha value is -1.00. The smallest absolute Gasteiger partial charge is 0.185 e. The van der Waals surface area contributed by atoms with Crippen LogP contribution in [-0.2, 0) is 0 Å². The van der Waals surface area contributed by atoms with Crippen molar-refractivity contribution < 1.29 is 0 Å². The molecule has 0 aromatic heterocycles. The number of nitrogens with one attached hydrogen (secondary N) is 3. The number of hydrogen-bond acceptors (Lipinski definition) is 2. The van der Waals surface area contributed by atoms with Gasteiger partial charge in [0.15, 0.2) is 5.11 Å². The van der Waals surface area contributed by atoms with Crippen molar-refractivity contribution in [3.63, 3.8) is 0 Å². The minimum atomic E-state index is 0.554. The highest BCUT2D eigenvalue weighted by atomic mass is 35.5. The van der Waals surface area contributed by atoms with Crippen LogP contribution in [0.15, 0.2) is 24.3 Å². The Labute approximate surface area is 99.2 Å². The highest BCUT2D eigenvalue weighted by Gasteiger charge is 2.21. The van der Waals surface area contributed by atoms with E-state index in [0.717, 1.165) is 5.69 Å². The van der Waals surface area contributed by atoms with Crippen LogP contribution in [0.3, 0.4) is 0 Å². The lowest BCUT2D eigenvalue weighted by molar-refractivity contribution is 0.880. The Bertz CT molecular complexity index is 365. The molecule has 2 rings (SSSR count). The third-order valence-corrected chi connectivity index (χ3v) is 2.65. The number of halogens is 1. The fourth-order valence-electron chi connectivity index (χ4n) is 1.14. The van der Waals surface area contributed by atoms with E-state index in [2.05, 4.69) is 16.2 Å². The van der Waals surface area contributed by atoms with E-state index in [-0.39, 0.29) is 0 Å². The number of anilines is 1. The third kappa shape index (κ3) is 3.25. The Balaban J connectivity index is 1.81. The molecule has 0 amide bonds. The summed E-state index contributed by atoms with van der Waals surface area (Å²) in [6.45, 7) is 0. The molecule has 0 aliphatic heterocycles. The second kappa shape index (κ2) is 4.68. The molecule has 1 aliphatic rings. The van der Waals surface area contributed by atoms with Crippen molar-refractivity contribution in [3.8, 4) is 0 Å². The van der Waals surface area contributed by atoms with E-state index >= 15 is 0 Å². The van der Waals surface area contributed by atoms with E-state index in [1.54, 1.807) is 0 Å². The van der Waals surface area contributed by atoms with Crippen molar-refractivity contribution in [1.29, 1.82) is 0 Å². The second-order valence-electron chi connectivity index (χ2n) is 3.48. The zero-order valence-corrected chi connectivity index (χ0v) is 9.66. The van der Waals surface area contributed by atoms with Gasteiger partial charge in [0.1, 0.15) is 0 Å². The summed E-state index contributed by atoms with van der Waals surface area (Å²) in [5, 5.41) is 4.43. The lowest BCUT2D eigenvalue weighted by Gasteiger charge is -2.12. The minimum Gasteiger partial charge on any atom is -0.359 e. The summed E-state index contributed by atoms with van der Waals surface area (Å²) in [5.41, 5.74) is 6.68. The van der Waals surface area contributed by atoms with Gasteiger partial charge in [-0.05, 0) is 37.2 Å². The van der Waals surface area contributed by atoms with Crippen LogP contribution in [0.25, 0.3) is 0 Å². The van der Waals surface area contributed by atoms with Gasteiger partial charge >= 0.3 is 0 Å². The van der Waals surface area contributed by atoms with Crippen molar-refractivity contribution in [2.45, 2.75) is 18.9 Å². The van der Waals surface area contributed by atoms with Gasteiger partial charge in [-0.1, -0.05) is 23.7 Å². The van der Waals surface area contributed by atoms with Crippen molar-refractivity contribution in [3.05, 3.63) is 29.3 Å². The first-order valence-electron chi connectivity index (χ1n) is 4.83. The topological polar surface area (TPSA) is 36.1 Å². The molecular weight excluding hydrogens is 230 g/mol. The number of para-hydroxylation sites is 1. The Kier molecular flexibility index (Phi) is 3.28. The van der Waals surface area contributed by atoms with Gasteiger partial charge in [-0.25, -0.2) is 0 Å². The summed E-state index contributed by atoms with van der Waals surface area (Å²) in [5.74, 6) is 0. The molecule has 1 aliphatic carbocycles. The monoisotopic (exact) mass is 241 g/mol. The standard InChI is InChI=1S/C10H12ClN3S/c11-8-3-1-2-4-9(8)13-14-10(15)12-7-5-6-7/h1-4,7,13H,5-6H2,(H2,12,14,15). The minimum absolute atomic E-state index is 0.554. The fourth-order valence-corrected chi connectivity index (χ4v) is 1.54. The first-order valence-corrected chi connectivity index (χ1v) is 5.61. The first kappa shape index (κ1) is 10.5. The van der Waals surface area contributed by atoms with Crippen LogP contribution in [-0.4, -0.2) is 11.2 Å². The normalized spacial score (nSPS) is 14.5. The van der Waals surface area contributed by atoms with Gasteiger partial charge in [-0.3, -0.25) is 10.9 Å². The van der Waals surface area contributed by atoms with Crippen LogP contribution >= 0.6 is 23.8 Å². The van der Waals surface area contributed by atoms with Crippen molar-refractivity contribution >= 4 is 34.6 Å². The van der Waals surface area contributed by atoms with Crippen LogP contribution in [0.5, 0.6) is 0 Å². The third-order valence-electron chi connectivity index (χ3n) is 2.10.